The molecule has 0 bridgehead atoms. The van der Waals surface area contributed by atoms with Gasteiger partial charge in [-0.2, -0.15) is 0 Å². The number of hydrogen-bond acceptors (Lipinski definition) is 5. The number of nitrogens with zero attached hydrogens (tertiary/aromatic N) is 1. The summed E-state index contributed by atoms with van der Waals surface area (Å²) in [5, 5.41) is 3.08. The Morgan fingerprint density at radius 1 is 1.56 bits per heavy atom. The number of anilines is 2. The molecule has 1 saturated heterocycles. The highest BCUT2D eigenvalue weighted by Gasteiger charge is 2.28. The molecular weight excluding hydrogens is 226 g/mol. The summed E-state index contributed by atoms with van der Waals surface area (Å²) in [7, 11) is -2.87. The van der Waals surface area contributed by atoms with Gasteiger partial charge >= 0.3 is 0 Å². The van der Waals surface area contributed by atoms with Crippen LogP contribution in [0.4, 0.5) is 11.5 Å². The number of aromatic nitrogens is 1. The average molecular weight is 241 g/mol. The van der Waals surface area contributed by atoms with Crippen molar-refractivity contribution < 1.29 is 8.42 Å². The third-order valence-electron chi connectivity index (χ3n) is 2.63. The van der Waals surface area contributed by atoms with Crippen molar-refractivity contribution in [3.05, 3.63) is 17.8 Å². The number of rotatable bonds is 2. The lowest BCUT2D eigenvalue weighted by atomic mass is 10.2. The van der Waals surface area contributed by atoms with Crippen LogP contribution in [0.5, 0.6) is 0 Å². The number of nitrogens with two attached hydrogens (primary N) is 1. The third-order valence-corrected chi connectivity index (χ3v) is 4.40. The number of pyridine rings is 1. The molecule has 3 N–H and O–H groups in total. The molecule has 0 radical (unpaired) electrons. The van der Waals surface area contributed by atoms with E-state index in [2.05, 4.69) is 10.3 Å². The van der Waals surface area contributed by atoms with Crippen molar-refractivity contribution >= 4 is 21.3 Å². The van der Waals surface area contributed by atoms with Crippen LogP contribution >= 0.6 is 0 Å². The van der Waals surface area contributed by atoms with Crippen LogP contribution in [0.15, 0.2) is 12.3 Å². The Labute approximate surface area is 95.0 Å². The molecule has 1 aromatic heterocycles. The predicted molar refractivity (Wildman–Crippen MR) is 64.1 cm³/mol. The zero-order valence-electron chi connectivity index (χ0n) is 9.10. The van der Waals surface area contributed by atoms with Gasteiger partial charge in [-0.3, -0.25) is 0 Å². The molecule has 1 aliphatic heterocycles. The van der Waals surface area contributed by atoms with Gasteiger partial charge in [0, 0.05) is 12.2 Å². The highest BCUT2D eigenvalue weighted by molar-refractivity contribution is 7.91. The van der Waals surface area contributed by atoms with Crippen molar-refractivity contribution in [1.29, 1.82) is 0 Å². The molecule has 2 rings (SSSR count). The van der Waals surface area contributed by atoms with E-state index in [1.54, 1.807) is 6.20 Å². The van der Waals surface area contributed by atoms with Gasteiger partial charge < -0.3 is 11.1 Å². The normalized spacial score (nSPS) is 23.2. The van der Waals surface area contributed by atoms with Gasteiger partial charge in [0.25, 0.3) is 0 Å². The van der Waals surface area contributed by atoms with Crippen LogP contribution in [-0.2, 0) is 9.84 Å². The first-order chi connectivity index (χ1) is 7.46. The maximum Gasteiger partial charge on any atom is 0.152 e. The van der Waals surface area contributed by atoms with Crippen molar-refractivity contribution in [3.8, 4) is 0 Å². The minimum Gasteiger partial charge on any atom is -0.396 e. The first-order valence-electron chi connectivity index (χ1n) is 5.15. The Morgan fingerprint density at radius 2 is 2.31 bits per heavy atom. The third kappa shape index (κ3) is 2.44. The Bertz CT molecular complexity index is 499. The summed E-state index contributed by atoms with van der Waals surface area (Å²) in [6, 6.07) is 1.75. The van der Waals surface area contributed by atoms with Gasteiger partial charge in [0.1, 0.15) is 5.82 Å². The van der Waals surface area contributed by atoms with Gasteiger partial charge in [-0.1, -0.05) is 0 Å². The summed E-state index contributed by atoms with van der Waals surface area (Å²) < 4.78 is 22.6. The summed E-state index contributed by atoms with van der Waals surface area (Å²) in [5.41, 5.74) is 7.34. The minimum absolute atomic E-state index is 0.0671. The molecule has 0 aliphatic carbocycles. The van der Waals surface area contributed by atoms with E-state index in [0.29, 0.717) is 17.9 Å². The fraction of sp³-hybridized carbons (Fsp3) is 0.500. The van der Waals surface area contributed by atoms with Gasteiger partial charge in [0.2, 0.25) is 0 Å². The van der Waals surface area contributed by atoms with Crippen molar-refractivity contribution in [2.75, 3.05) is 22.6 Å². The second kappa shape index (κ2) is 3.93. The number of nitrogens with one attached hydrogen (secondary N) is 1. The molecule has 0 spiro atoms. The number of aryl methyl sites for hydroxylation is 1. The molecule has 0 saturated carbocycles. The zero-order chi connectivity index (χ0) is 11.8. The molecule has 1 atom stereocenters. The molecule has 0 amide bonds. The lowest BCUT2D eigenvalue weighted by molar-refractivity contribution is 0.602. The smallest absolute Gasteiger partial charge is 0.152 e. The zero-order valence-corrected chi connectivity index (χ0v) is 9.92. The van der Waals surface area contributed by atoms with Crippen LogP contribution in [-0.4, -0.2) is 30.9 Å². The molecular formula is C10H15N3O2S. The molecule has 1 aromatic rings. The topological polar surface area (TPSA) is 85.1 Å². The van der Waals surface area contributed by atoms with E-state index in [0.717, 1.165) is 5.56 Å². The highest BCUT2D eigenvalue weighted by atomic mass is 32.2. The number of nitrogen functional groups attached to an aromatic ring is 1. The monoisotopic (exact) mass is 241 g/mol. The maximum absolute atomic E-state index is 11.3. The van der Waals surface area contributed by atoms with Crippen LogP contribution in [0.2, 0.25) is 0 Å². The van der Waals surface area contributed by atoms with E-state index in [4.69, 9.17) is 5.73 Å². The molecule has 0 aromatic carbocycles. The van der Waals surface area contributed by atoms with Crippen LogP contribution in [0, 0.1) is 6.92 Å². The average Bonchev–Trinajstić information content (AvgIpc) is 2.51. The second-order valence-corrected chi connectivity index (χ2v) is 6.42. The Morgan fingerprint density at radius 3 is 2.88 bits per heavy atom. The fourth-order valence-electron chi connectivity index (χ4n) is 1.81. The van der Waals surface area contributed by atoms with Gasteiger partial charge in [0.05, 0.1) is 17.2 Å². The van der Waals surface area contributed by atoms with Gasteiger partial charge in [-0.05, 0) is 25.0 Å². The molecule has 1 aliphatic rings. The SMILES string of the molecule is Cc1cnc(NC2CCS(=O)(=O)C2)c(N)c1. The Hall–Kier alpha value is -1.30. The standard InChI is InChI=1S/C10H15N3O2S/c1-7-4-9(11)10(12-5-7)13-8-2-3-16(14,15)6-8/h4-5,8H,2-3,6,11H2,1H3,(H,12,13). The first kappa shape index (κ1) is 11.2. The van der Waals surface area contributed by atoms with E-state index >= 15 is 0 Å². The summed E-state index contributed by atoms with van der Waals surface area (Å²) in [4.78, 5) is 4.16. The van der Waals surface area contributed by atoms with Crippen LogP contribution in [0.1, 0.15) is 12.0 Å². The van der Waals surface area contributed by atoms with Crippen LogP contribution in [0.25, 0.3) is 0 Å². The van der Waals surface area contributed by atoms with Gasteiger partial charge in [0.15, 0.2) is 9.84 Å². The second-order valence-electron chi connectivity index (χ2n) is 4.19. The van der Waals surface area contributed by atoms with Crippen molar-refractivity contribution in [1.82, 2.24) is 4.98 Å². The first-order valence-corrected chi connectivity index (χ1v) is 6.97. The fourth-order valence-corrected chi connectivity index (χ4v) is 3.49. The van der Waals surface area contributed by atoms with Crippen LogP contribution < -0.4 is 11.1 Å². The van der Waals surface area contributed by atoms with E-state index in [1.165, 1.54) is 0 Å². The Balaban J connectivity index is 2.11. The molecule has 5 nitrogen and oxygen atoms in total. The lowest BCUT2D eigenvalue weighted by Crippen LogP contribution is -2.22. The number of sulfone groups is 1. The predicted octanol–water partition coefficient (Wildman–Crippen LogP) is 0.571. The minimum atomic E-state index is -2.87. The molecule has 16 heavy (non-hydrogen) atoms. The van der Waals surface area contributed by atoms with Gasteiger partial charge in [-0.15, -0.1) is 0 Å². The molecule has 2 heterocycles. The number of hydrogen-bond donors (Lipinski definition) is 2. The summed E-state index contributed by atoms with van der Waals surface area (Å²) in [5.74, 6) is 0.992. The summed E-state index contributed by atoms with van der Waals surface area (Å²) in [6.07, 6.45) is 2.33. The summed E-state index contributed by atoms with van der Waals surface area (Å²) in [6.45, 7) is 1.91. The van der Waals surface area contributed by atoms with E-state index in [9.17, 15) is 8.42 Å². The van der Waals surface area contributed by atoms with Gasteiger partial charge in [-0.25, -0.2) is 13.4 Å². The molecule has 1 unspecified atom stereocenters. The highest BCUT2D eigenvalue weighted by Crippen LogP contribution is 2.21. The van der Waals surface area contributed by atoms with E-state index in [-0.39, 0.29) is 17.5 Å². The van der Waals surface area contributed by atoms with E-state index < -0.39 is 9.84 Å². The summed E-state index contributed by atoms with van der Waals surface area (Å²) >= 11 is 0. The Kier molecular flexibility index (Phi) is 2.75. The lowest BCUT2D eigenvalue weighted by Gasteiger charge is -2.13. The van der Waals surface area contributed by atoms with Crippen LogP contribution in [0.3, 0.4) is 0 Å². The molecule has 6 heteroatoms. The largest absolute Gasteiger partial charge is 0.396 e. The molecule has 88 valence electrons. The van der Waals surface area contributed by atoms with Crippen molar-refractivity contribution in [2.24, 2.45) is 0 Å². The quantitative estimate of drug-likeness (QED) is 0.790. The maximum atomic E-state index is 11.3. The van der Waals surface area contributed by atoms with Crippen molar-refractivity contribution in [3.63, 3.8) is 0 Å². The molecule has 1 fully saturated rings. The van der Waals surface area contributed by atoms with Crippen molar-refractivity contribution in [2.45, 2.75) is 19.4 Å². The van der Waals surface area contributed by atoms with E-state index in [1.807, 2.05) is 13.0 Å².